The summed E-state index contributed by atoms with van der Waals surface area (Å²) < 4.78 is 9.05. The molecule has 0 radical (unpaired) electrons. The first-order valence-electron chi connectivity index (χ1n) is 6.18. The van der Waals surface area contributed by atoms with Crippen molar-refractivity contribution in [1.82, 2.24) is 25.0 Å². The third-order valence-electron chi connectivity index (χ3n) is 3.14. The van der Waals surface area contributed by atoms with E-state index in [4.69, 9.17) is 10.6 Å². The number of aryl methyl sites for hydroxylation is 3. The van der Waals surface area contributed by atoms with E-state index in [1.54, 1.807) is 13.3 Å². The number of hydrogen-bond acceptors (Lipinski definition) is 5. The lowest BCUT2D eigenvalue weighted by molar-refractivity contribution is 0.397. The number of aromatic nitrogens is 4. The molecule has 0 amide bonds. The van der Waals surface area contributed by atoms with E-state index in [0.29, 0.717) is 5.75 Å². The summed E-state index contributed by atoms with van der Waals surface area (Å²) in [4.78, 5) is 0. The number of nitrogens with two attached hydrogens (primary N) is 1. The second-order valence-electron chi connectivity index (χ2n) is 4.35. The highest BCUT2D eigenvalue weighted by molar-refractivity contribution is 5.34. The zero-order valence-corrected chi connectivity index (χ0v) is 11.7. The molecule has 0 saturated carbocycles. The van der Waals surface area contributed by atoms with Crippen LogP contribution in [0.3, 0.4) is 0 Å². The third-order valence-corrected chi connectivity index (χ3v) is 3.14. The largest absolute Gasteiger partial charge is 0.493 e. The molecular formula is C12H20N6O. The first-order valence-corrected chi connectivity index (χ1v) is 6.18. The fraction of sp³-hybridized carbons (Fsp3) is 0.500. The van der Waals surface area contributed by atoms with Crippen molar-refractivity contribution in [2.45, 2.75) is 26.4 Å². The van der Waals surface area contributed by atoms with Gasteiger partial charge in [0.25, 0.3) is 0 Å². The Morgan fingerprint density at radius 2 is 2.26 bits per heavy atom. The highest BCUT2D eigenvalue weighted by Crippen LogP contribution is 2.29. The number of nitrogens with one attached hydrogen (secondary N) is 1. The maximum absolute atomic E-state index is 5.73. The van der Waals surface area contributed by atoms with Gasteiger partial charge in [0.1, 0.15) is 11.7 Å². The van der Waals surface area contributed by atoms with Gasteiger partial charge < -0.3 is 4.74 Å². The van der Waals surface area contributed by atoms with Crippen LogP contribution in [-0.4, -0.2) is 26.7 Å². The maximum Gasteiger partial charge on any atom is 0.162 e. The fourth-order valence-electron chi connectivity index (χ4n) is 2.28. The van der Waals surface area contributed by atoms with Gasteiger partial charge in [-0.1, -0.05) is 0 Å². The molecular weight excluding hydrogens is 244 g/mol. The maximum atomic E-state index is 5.73. The fourth-order valence-corrected chi connectivity index (χ4v) is 2.28. The van der Waals surface area contributed by atoms with Gasteiger partial charge in [-0.05, 0) is 19.9 Å². The molecule has 7 heteroatoms. The molecule has 2 heterocycles. The molecule has 0 fully saturated rings. The number of nitrogens with zero attached hydrogens (tertiary/aromatic N) is 4. The SMILES string of the molecule is CCn1ncc(OC)c1C(NN)c1cc(C)nn1C. The summed E-state index contributed by atoms with van der Waals surface area (Å²) in [5.41, 5.74) is 5.63. The summed E-state index contributed by atoms with van der Waals surface area (Å²) in [6, 6.07) is 1.78. The number of ether oxygens (including phenoxy) is 1. The molecule has 0 aromatic carbocycles. The van der Waals surface area contributed by atoms with Crippen molar-refractivity contribution in [3.05, 3.63) is 29.3 Å². The molecule has 0 aliphatic rings. The number of methoxy groups -OCH3 is 1. The molecule has 0 spiro atoms. The van der Waals surface area contributed by atoms with Crippen LogP contribution in [0, 0.1) is 6.92 Å². The van der Waals surface area contributed by atoms with Crippen LogP contribution < -0.4 is 16.0 Å². The number of hydrogen-bond donors (Lipinski definition) is 2. The van der Waals surface area contributed by atoms with E-state index in [0.717, 1.165) is 23.6 Å². The number of rotatable bonds is 5. The van der Waals surface area contributed by atoms with Crippen LogP contribution in [-0.2, 0) is 13.6 Å². The smallest absolute Gasteiger partial charge is 0.162 e. The van der Waals surface area contributed by atoms with Crippen LogP contribution in [0.4, 0.5) is 0 Å². The second kappa shape index (κ2) is 5.41. The standard InChI is InChI=1S/C12H20N6O/c1-5-18-12(10(19-4)7-14-18)11(15-13)9-6-8(2)16-17(9)3/h6-7,11,15H,5,13H2,1-4H3. The van der Waals surface area contributed by atoms with Gasteiger partial charge in [-0.25, -0.2) is 5.43 Å². The average Bonchev–Trinajstić information content (AvgIpc) is 2.94. The predicted octanol–water partition coefficient (Wildman–Crippen LogP) is 0.506. The topological polar surface area (TPSA) is 82.9 Å². The van der Waals surface area contributed by atoms with Gasteiger partial charge in [-0.15, -0.1) is 0 Å². The Morgan fingerprint density at radius 1 is 1.53 bits per heavy atom. The van der Waals surface area contributed by atoms with Crippen molar-refractivity contribution in [3.63, 3.8) is 0 Å². The van der Waals surface area contributed by atoms with Gasteiger partial charge in [-0.3, -0.25) is 15.2 Å². The lowest BCUT2D eigenvalue weighted by atomic mass is 10.1. The first kappa shape index (κ1) is 13.6. The zero-order chi connectivity index (χ0) is 14.0. The molecule has 104 valence electrons. The van der Waals surface area contributed by atoms with Gasteiger partial charge in [0.15, 0.2) is 5.75 Å². The molecule has 2 rings (SSSR count). The summed E-state index contributed by atoms with van der Waals surface area (Å²) in [5, 5.41) is 8.65. The van der Waals surface area contributed by atoms with Crippen molar-refractivity contribution in [2.75, 3.05) is 7.11 Å². The highest BCUT2D eigenvalue weighted by atomic mass is 16.5. The lowest BCUT2D eigenvalue weighted by Gasteiger charge is -2.18. The summed E-state index contributed by atoms with van der Waals surface area (Å²) in [6.07, 6.45) is 1.70. The van der Waals surface area contributed by atoms with Crippen molar-refractivity contribution in [2.24, 2.45) is 12.9 Å². The zero-order valence-electron chi connectivity index (χ0n) is 11.7. The summed E-state index contributed by atoms with van der Waals surface area (Å²) in [5.74, 6) is 6.45. The van der Waals surface area contributed by atoms with Gasteiger partial charge >= 0.3 is 0 Å². The Hall–Kier alpha value is -1.86. The molecule has 7 nitrogen and oxygen atoms in total. The van der Waals surface area contributed by atoms with E-state index in [9.17, 15) is 0 Å². The molecule has 1 unspecified atom stereocenters. The predicted molar refractivity (Wildman–Crippen MR) is 71.6 cm³/mol. The van der Waals surface area contributed by atoms with Crippen LogP contribution in [0.15, 0.2) is 12.3 Å². The normalized spacial score (nSPS) is 12.7. The molecule has 19 heavy (non-hydrogen) atoms. The van der Waals surface area contributed by atoms with Crippen molar-refractivity contribution >= 4 is 0 Å². The van der Waals surface area contributed by atoms with E-state index in [1.165, 1.54) is 0 Å². The van der Waals surface area contributed by atoms with Crippen molar-refractivity contribution < 1.29 is 4.74 Å². The molecule has 0 aliphatic carbocycles. The lowest BCUT2D eigenvalue weighted by Crippen LogP contribution is -2.32. The third kappa shape index (κ3) is 2.34. The molecule has 2 aromatic heterocycles. The quantitative estimate of drug-likeness (QED) is 0.607. The van der Waals surface area contributed by atoms with Crippen LogP contribution in [0.1, 0.15) is 30.0 Å². The van der Waals surface area contributed by atoms with E-state index >= 15 is 0 Å². The van der Waals surface area contributed by atoms with Crippen LogP contribution in [0.2, 0.25) is 0 Å². The second-order valence-corrected chi connectivity index (χ2v) is 4.35. The Morgan fingerprint density at radius 3 is 2.74 bits per heavy atom. The van der Waals surface area contributed by atoms with Crippen LogP contribution in [0.5, 0.6) is 5.75 Å². The van der Waals surface area contributed by atoms with E-state index in [1.807, 2.05) is 36.3 Å². The Kier molecular flexibility index (Phi) is 3.87. The Balaban J connectivity index is 2.53. The molecule has 0 aliphatic heterocycles. The summed E-state index contributed by atoms with van der Waals surface area (Å²) in [7, 11) is 3.52. The van der Waals surface area contributed by atoms with E-state index < -0.39 is 0 Å². The van der Waals surface area contributed by atoms with Crippen LogP contribution in [0.25, 0.3) is 0 Å². The highest BCUT2D eigenvalue weighted by Gasteiger charge is 2.25. The van der Waals surface area contributed by atoms with Gasteiger partial charge in [0, 0.05) is 13.6 Å². The van der Waals surface area contributed by atoms with Crippen molar-refractivity contribution in [3.8, 4) is 5.75 Å². The van der Waals surface area contributed by atoms with Crippen molar-refractivity contribution in [1.29, 1.82) is 0 Å². The van der Waals surface area contributed by atoms with Gasteiger partial charge in [0.05, 0.1) is 24.7 Å². The minimum Gasteiger partial charge on any atom is -0.493 e. The first-order chi connectivity index (χ1) is 9.12. The molecule has 1 atom stereocenters. The summed E-state index contributed by atoms with van der Waals surface area (Å²) in [6.45, 7) is 4.72. The molecule has 0 bridgehead atoms. The molecule has 3 N–H and O–H groups in total. The monoisotopic (exact) mass is 264 g/mol. The van der Waals surface area contributed by atoms with Gasteiger partial charge in [-0.2, -0.15) is 10.2 Å². The minimum absolute atomic E-state index is 0.219. The molecule has 2 aromatic rings. The number of hydrazine groups is 1. The Bertz CT molecular complexity index is 537. The van der Waals surface area contributed by atoms with Crippen LogP contribution >= 0.6 is 0 Å². The van der Waals surface area contributed by atoms with E-state index in [-0.39, 0.29) is 6.04 Å². The van der Waals surface area contributed by atoms with E-state index in [2.05, 4.69) is 15.6 Å². The average molecular weight is 264 g/mol. The Labute approximate surface area is 112 Å². The summed E-state index contributed by atoms with van der Waals surface area (Å²) >= 11 is 0. The molecule has 0 saturated heterocycles. The van der Waals surface area contributed by atoms with Gasteiger partial charge in [0.2, 0.25) is 0 Å². The minimum atomic E-state index is -0.219.